The molecule has 0 aliphatic carbocycles. The third-order valence-electron chi connectivity index (χ3n) is 2.77. The van der Waals surface area contributed by atoms with Crippen LogP contribution in [0.2, 0.25) is 0 Å². The number of benzene rings is 2. The van der Waals surface area contributed by atoms with Crippen molar-refractivity contribution in [2.45, 2.75) is 34.1 Å². The molecule has 0 N–H and O–H groups in total. The molecule has 96 valence electrons. The first-order chi connectivity index (χ1) is 8.15. The van der Waals surface area contributed by atoms with Crippen LogP contribution in [-0.2, 0) is 0 Å². The Labute approximate surface area is 122 Å². The van der Waals surface area contributed by atoms with Gasteiger partial charge in [-0.1, -0.05) is 51.1 Å². The number of aryl methyl sites for hydroxylation is 1. The maximum absolute atomic E-state index is 2.29. The number of hydrogen-bond donors (Lipinski definition) is 0. The minimum atomic E-state index is -0.0167. The molecule has 0 spiro atoms. The van der Waals surface area contributed by atoms with Crippen molar-refractivity contribution in [3.63, 3.8) is 0 Å². The van der Waals surface area contributed by atoms with Crippen molar-refractivity contribution in [2.75, 3.05) is 0 Å². The molecule has 0 aliphatic rings. The summed E-state index contributed by atoms with van der Waals surface area (Å²) in [5.41, 5.74) is 2.77. The molecule has 0 saturated heterocycles. The fourth-order valence-electron chi connectivity index (χ4n) is 1.63. The standard InChI is InChI=1S/C16H18I.CH4/c1-12(2)14-6-10-16(11-7-14)17-15-8-4-13(3)5-9-15;/h4-12H,1-3H3;1H4/q+1;. The molecule has 1 heteroatoms. The zero-order chi connectivity index (χ0) is 12.3. The molecule has 0 aromatic heterocycles. The summed E-state index contributed by atoms with van der Waals surface area (Å²) in [5.74, 6) is 0.627. The lowest BCUT2D eigenvalue weighted by Gasteiger charge is -2.02. The van der Waals surface area contributed by atoms with Gasteiger partial charge < -0.3 is 0 Å². The smallest absolute Gasteiger partial charge is 0.0776 e. The van der Waals surface area contributed by atoms with E-state index in [0.29, 0.717) is 5.92 Å². The molecule has 0 radical (unpaired) electrons. The average Bonchev–Trinajstić information content (AvgIpc) is 2.33. The van der Waals surface area contributed by atoms with Crippen LogP contribution >= 0.6 is 0 Å². The number of hydrogen-bond acceptors (Lipinski definition) is 0. The molecule has 0 unspecified atom stereocenters. The van der Waals surface area contributed by atoms with Crippen LogP contribution in [-0.4, -0.2) is 0 Å². The zero-order valence-corrected chi connectivity index (χ0v) is 12.7. The predicted molar refractivity (Wildman–Crippen MR) is 75.8 cm³/mol. The van der Waals surface area contributed by atoms with Gasteiger partial charge >= 0.3 is 21.2 Å². The lowest BCUT2D eigenvalue weighted by molar-refractivity contribution is -0.597. The van der Waals surface area contributed by atoms with E-state index in [1.54, 1.807) is 0 Å². The van der Waals surface area contributed by atoms with E-state index in [1.165, 1.54) is 18.3 Å². The third-order valence-corrected chi connectivity index (χ3v) is 5.45. The van der Waals surface area contributed by atoms with E-state index in [1.807, 2.05) is 0 Å². The molecular formula is C17H22I+. The molecule has 2 rings (SSSR count). The van der Waals surface area contributed by atoms with Gasteiger partial charge in [0, 0.05) is 0 Å². The Kier molecular flexibility index (Phi) is 5.86. The summed E-state index contributed by atoms with van der Waals surface area (Å²) < 4.78 is 2.99. The Morgan fingerprint density at radius 2 is 1.22 bits per heavy atom. The quantitative estimate of drug-likeness (QED) is 0.740. The number of rotatable bonds is 3. The molecule has 0 atom stereocenters. The van der Waals surface area contributed by atoms with E-state index < -0.39 is 0 Å². The maximum Gasteiger partial charge on any atom is 0.357 e. The van der Waals surface area contributed by atoms with Crippen LogP contribution < -0.4 is 21.2 Å². The van der Waals surface area contributed by atoms with Crippen LogP contribution in [0.4, 0.5) is 0 Å². The van der Waals surface area contributed by atoms with E-state index in [4.69, 9.17) is 0 Å². The van der Waals surface area contributed by atoms with Gasteiger partial charge in [-0.2, -0.15) is 0 Å². The maximum atomic E-state index is 2.29. The van der Waals surface area contributed by atoms with Gasteiger partial charge in [-0.05, 0) is 42.7 Å². The van der Waals surface area contributed by atoms with Gasteiger partial charge in [0.15, 0.2) is 7.14 Å². The van der Waals surface area contributed by atoms with E-state index >= 15 is 0 Å². The highest BCUT2D eigenvalue weighted by Gasteiger charge is 2.14. The summed E-state index contributed by atoms with van der Waals surface area (Å²) >= 11 is -0.0167. The first-order valence-corrected chi connectivity index (χ1v) is 8.12. The van der Waals surface area contributed by atoms with Crippen LogP contribution in [0.5, 0.6) is 0 Å². The molecular weight excluding hydrogens is 331 g/mol. The fourth-order valence-corrected chi connectivity index (χ4v) is 3.79. The lowest BCUT2D eigenvalue weighted by atomic mass is 10.0. The van der Waals surface area contributed by atoms with Crippen LogP contribution in [0.3, 0.4) is 0 Å². The summed E-state index contributed by atoms with van der Waals surface area (Å²) in [4.78, 5) is 0. The van der Waals surface area contributed by atoms with Gasteiger partial charge in [-0.15, -0.1) is 0 Å². The minimum Gasteiger partial charge on any atom is -0.0776 e. The first kappa shape index (κ1) is 15.2. The minimum absolute atomic E-state index is 0. The number of halogens is 1. The van der Waals surface area contributed by atoms with Crippen molar-refractivity contribution in [1.82, 2.24) is 0 Å². The summed E-state index contributed by atoms with van der Waals surface area (Å²) in [7, 11) is 0. The topological polar surface area (TPSA) is 0 Å². The highest BCUT2D eigenvalue weighted by Crippen LogP contribution is 2.11. The van der Waals surface area contributed by atoms with E-state index in [9.17, 15) is 0 Å². The van der Waals surface area contributed by atoms with E-state index in [2.05, 4.69) is 69.3 Å². The van der Waals surface area contributed by atoms with Crippen molar-refractivity contribution in [3.8, 4) is 0 Å². The second-order valence-corrected chi connectivity index (χ2v) is 7.63. The zero-order valence-electron chi connectivity index (χ0n) is 10.6. The highest BCUT2D eigenvalue weighted by atomic mass is 127. The van der Waals surface area contributed by atoms with E-state index in [-0.39, 0.29) is 28.6 Å². The molecule has 0 aliphatic heterocycles. The Morgan fingerprint density at radius 3 is 1.67 bits per heavy atom. The monoisotopic (exact) mass is 353 g/mol. The fraction of sp³-hybridized carbons (Fsp3) is 0.294. The molecule has 0 heterocycles. The van der Waals surface area contributed by atoms with Crippen molar-refractivity contribution in [3.05, 3.63) is 66.8 Å². The molecule has 2 aromatic carbocycles. The summed E-state index contributed by atoms with van der Waals surface area (Å²) in [6.07, 6.45) is 0. The molecule has 0 fully saturated rings. The van der Waals surface area contributed by atoms with Crippen LogP contribution in [0.25, 0.3) is 0 Å². The largest absolute Gasteiger partial charge is 0.357 e. The van der Waals surface area contributed by atoms with Crippen molar-refractivity contribution in [2.24, 2.45) is 0 Å². The summed E-state index contributed by atoms with van der Waals surface area (Å²) in [6, 6.07) is 18.1. The van der Waals surface area contributed by atoms with Gasteiger partial charge in [0.05, 0.1) is 0 Å². The second-order valence-electron chi connectivity index (χ2n) is 4.60. The Bertz CT molecular complexity index is 466. The van der Waals surface area contributed by atoms with Crippen LogP contribution in [0, 0.1) is 14.1 Å². The van der Waals surface area contributed by atoms with Crippen molar-refractivity contribution in [1.29, 1.82) is 0 Å². The molecule has 2 aromatic rings. The molecule has 0 bridgehead atoms. The van der Waals surface area contributed by atoms with Gasteiger partial charge in [0.2, 0.25) is 0 Å². The van der Waals surface area contributed by atoms with Crippen LogP contribution in [0.15, 0.2) is 48.5 Å². The van der Waals surface area contributed by atoms with Gasteiger partial charge in [0.1, 0.15) is 0 Å². The lowest BCUT2D eigenvalue weighted by Crippen LogP contribution is -3.61. The van der Waals surface area contributed by atoms with Gasteiger partial charge in [-0.3, -0.25) is 0 Å². The Hall–Kier alpha value is -0.830. The first-order valence-electron chi connectivity index (χ1n) is 5.96. The second kappa shape index (κ2) is 6.93. The normalized spacial score (nSPS) is 10.2. The summed E-state index contributed by atoms with van der Waals surface area (Å²) in [5, 5.41) is 0. The van der Waals surface area contributed by atoms with E-state index in [0.717, 1.165) is 0 Å². The Morgan fingerprint density at radius 1 is 0.778 bits per heavy atom. The van der Waals surface area contributed by atoms with Crippen molar-refractivity contribution >= 4 is 0 Å². The predicted octanol–water partition coefficient (Wildman–Crippen LogP) is 1.88. The summed E-state index contributed by atoms with van der Waals surface area (Å²) in [6.45, 7) is 6.62. The highest BCUT2D eigenvalue weighted by molar-refractivity contribution is 5.18. The SMILES string of the molecule is C.Cc1ccc([I+]c2ccc(C(C)C)cc2)cc1. The van der Waals surface area contributed by atoms with Gasteiger partial charge in [0.25, 0.3) is 0 Å². The molecule has 0 nitrogen and oxygen atoms in total. The van der Waals surface area contributed by atoms with Crippen LogP contribution in [0.1, 0.15) is 38.3 Å². The molecule has 18 heavy (non-hydrogen) atoms. The van der Waals surface area contributed by atoms with Crippen molar-refractivity contribution < 1.29 is 21.2 Å². The molecule has 0 saturated carbocycles. The average molecular weight is 353 g/mol. The molecule has 0 amide bonds. The third kappa shape index (κ3) is 4.13. The van der Waals surface area contributed by atoms with Gasteiger partial charge in [-0.25, -0.2) is 0 Å². The Balaban J connectivity index is 0.00000162.